The molecule has 0 saturated carbocycles. The summed E-state index contributed by atoms with van der Waals surface area (Å²) in [7, 11) is 0. The van der Waals surface area contributed by atoms with Crippen molar-refractivity contribution in [3.63, 3.8) is 0 Å². The van der Waals surface area contributed by atoms with Crippen molar-refractivity contribution < 1.29 is 51.2 Å². The second kappa shape index (κ2) is 8.84. The average molecular weight is 389 g/mol. The van der Waals surface area contributed by atoms with Crippen molar-refractivity contribution in [1.29, 1.82) is 0 Å². The van der Waals surface area contributed by atoms with E-state index in [1.165, 1.54) is 0 Å². The van der Waals surface area contributed by atoms with Crippen LogP contribution < -0.4 is 11.5 Å². The molecule has 0 unspecified atom stereocenters. The van der Waals surface area contributed by atoms with E-state index in [4.69, 9.17) is 37.5 Å². The van der Waals surface area contributed by atoms with Crippen molar-refractivity contribution in [3.05, 3.63) is 24.5 Å². The number of hydrazone groups is 2. The van der Waals surface area contributed by atoms with Crippen molar-refractivity contribution in [3.8, 4) is 0 Å². The number of hydrogen-bond acceptors (Lipinski definition) is 5. The van der Waals surface area contributed by atoms with Crippen LogP contribution in [0.1, 0.15) is 0 Å². The Morgan fingerprint density at radius 1 is 0.692 bits per heavy atom. The Kier molecular flexibility index (Phi) is 7.25. The number of hydrogen-bond donors (Lipinski definition) is 7. The maximum absolute atomic E-state index is 11.1. The number of guanidine groups is 2. The molecule has 0 aliphatic heterocycles. The van der Waals surface area contributed by atoms with E-state index in [9.17, 15) is 24.5 Å². The highest BCUT2D eigenvalue weighted by Crippen LogP contribution is 1.99. The second-order valence-corrected chi connectivity index (χ2v) is 3.77. The Hall–Kier alpha value is -4.66. The Balaban J connectivity index is 5.66. The minimum Gasteiger partial charge on any atom is -0.360 e. The van der Waals surface area contributed by atoms with Gasteiger partial charge in [-0.05, 0) is 5.01 Å². The molecule has 144 valence electrons. The topological polar surface area (TPSA) is 288 Å². The number of nitrogens with zero attached hydrogens (tertiary/aromatic N) is 10. The standard InChI is InChI=1S/C4H13N12O10/c5-3(7-12(17)18)10(15(23)24)1-9(14(21)22)2-11(16(25)26)4(6)8-13(19)20/h1-2H2,(H2,5,7)(H2,6,8)(H,17,18)(H,19,20)(H,21,22)(H,23,24)(H,25,26)/q+5. The van der Waals surface area contributed by atoms with Gasteiger partial charge >= 0.3 is 37.1 Å². The van der Waals surface area contributed by atoms with E-state index in [2.05, 4.69) is 10.2 Å². The third-order valence-corrected chi connectivity index (χ3v) is 2.15. The van der Waals surface area contributed by atoms with Crippen LogP contribution in [-0.2, 0) is 0 Å². The smallest absolute Gasteiger partial charge is 0.360 e. The summed E-state index contributed by atoms with van der Waals surface area (Å²) in [5.41, 5.74) is 10.1. The summed E-state index contributed by atoms with van der Waals surface area (Å²) >= 11 is 0. The molecule has 0 aromatic rings. The van der Waals surface area contributed by atoms with Gasteiger partial charge in [-0.15, -0.1) is 0 Å². The molecule has 0 rings (SSSR count). The quantitative estimate of drug-likeness (QED) is 0.0851. The zero-order valence-electron chi connectivity index (χ0n) is 12.3. The first-order valence-corrected chi connectivity index (χ1v) is 5.65. The summed E-state index contributed by atoms with van der Waals surface area (Å²) < 4.78 is 0. The highest BCUT2D eigenvalue weighted by molar-refractivity contribution is 5.76. The SMILES string of the molecule is NC(=N[N+](=O)O)N(CN(CN(C(N)=N[N+](=O)O)[N+](=O)O)[N+](=O)O)[N+](=O)O. The Morgan fingerprint density at radius 2 is 1.00 bits per heavy atom. The Bertz CT molecular complexity index is 621. The molecular weight excluding hydrogens is 376 g/mol. The third kappa shape index (κ3) is 6.62. The van der Waals surface area contributed by atoms with Gasteiger partial charge in [-0.1, -0.05) is 0 Å². The monoisotopic (exact) mass is 389 g/mol. The fourth-order valence-corrected chi connectivity index (χ4v) is 1.17. The summed E-state index contributed by atoms with van der Waals surface area (Å²) in [4.78, 5) is 53.7. The predicted octanol–water partition coefficient (Wildman–Crippen LogP) is -4.15. The summed E-state index contributed by atoms with van der Waals surface area (Å²) in [6, 6.07) is 0. The van der Waals surface area contributed by atoms with Crippen molar-refractivity contribution >= 4 is 11.9 Å². The first kappa shape index (κ1) is 21.3. The minimum atomic E-state index is -1.29. The number of rotatable bonds is 9. The summed E-state index contributed by atoms with van der Waals surface area (Å²) in [6.07, 6.45) is 0. The van der Waals surface area contributed by atoms with Gasteiger partial charge in [-0.3, -0.25) is 0 Å². The Labute approximate surface area is 139 Å². The van der Waals surface area contributed by atoms with Gasteiger partial charge in [0.05, 0.1) is 0 Å². The van der Waals surface area contributed by atoms with Gasteiger partial charge in [0.15, 0.2) is 0 Å². The first-order valence-electron chi connectivity index (χ1n) is 5.65. The lowest BCUT2D eigenvalue weighted by Gasteiger charge is -2.13. The van der Waals surface area contributed by atoms with E-state index in [0.717, 1.165) is 0 Å². The normalized spacial score (nSPS) is 11.4. The van der Waals surface area contributed by atoms with Gasteiger partial charge in [-0.25, -0.2) is 26.0 Å². The van der Waals surface area contributed by atoms with Crippen LogP contribution >= 0.6 is 0 Å². The van der Waals surface area contributed by atoms with Gasteiger partial charge in [0.2, 0.25) is 13.3 Å². The van der Waals surface area contributed by atoms with E-state index in [1.54, 1.807) is 0 Å². The van der Waals surface area contributed by atoms with Crippen LogP contribution in [0.15, 0.2) is 10.2 Å². The molecule has 0 radical (unpaired) electrons. The fraction of sp³-hybridized carbons (Fsp3) is 0.500. The predicted molar refractivity (Wildman–Crippen MR) is 65.6 cm³/mol. The fourth-order valence-electron chi connectivity index (χ4n) is 1.17. The van der Waals surface area contributed by atoms with Crippen molar-refractivity contribution in [2.24, 2.45) is 21.7 Å². The van der Waals surface area contributed by atoms with Crippen molar-refractivity contribution in [2.45, 2.75) is 0 Å². The molecule has 9 N–H and O–H groups in total. The van der Waals surface area contributed by atoms with Crippen LogP contribution in [0.3, 0.4) is 0 Å². The lowest BCUT2D eigenvalue weighted by molar-refractivity contribution is -0.946. The molecule has 0 bridgehead atoms. The molecule has 0 spiro atoms. The average Bonchev–Trinajstić information content (AvgIpc) is 2.44. The molecule has 0 fully saturated rings. The number of nitrogens with two attached hydrogens (primary N) is 2. The molecule has 0 saturated heterocycles. The molecular formula is C4H13N12O10+5. The first-order chi connectivity index (χ1) is 11.9. The maximum Gasteiger partial charge on any atom is 0.391 e. The van der Waals surface area contributed by atoms with E-state index in [0.29, 0.717) is 0 Å². The van der Waals surface area contributed by atoms with Crippen LogP contribution in [0.2, 0.25) is 0 Å². The van der Waals surface area contributed by atoms with Gasteiger partial charge in [0.25, 0.3) is 0 Å². The van der Waals surface area contributed by atoms with Crippen LogP contribution in [0.25, 0.3) is 0 Å². The molecule has 0 amide bonds. The molecule has 22 nitrogen and oxygen atoms in total. The lowest BCUT2D eigenvalue weighted by Crippen LogP contribution is -2.56. The Morgan fingerprint density at radius 3 is 1.19 bits per heavy atom. The molecule has 0 aliphatic rings. The summed E-state index contributed by atoms with van der Waals surface area (Å²) in [5, 5.41) is 42.6. The molecule has 26 heavy (non-hydrogen) atoms. The molecule has 0 aromatic heterocycles. The maximum atomic E-state index is 11.1. The van der Waals surface area contributed by atoms with Gasteiger partial charge in [0, 0.05) is 10.0 Å². The van der Waals surface area contributed by atoms with Crippen LogP contribution in [0.5, 0.6) is 0 Å². The van der Waals surface area contributed by atoms with Crippen molar-refractivity contribution in [1.82, 2.24) is 15.0 Å². The van der Waals surface area contributed by atoms with Crippen LogP contribution in [-0.4, -0.2) is 91.5 Å². The second-order valence-electron chi connectivity index (χ2n) is 3.77. The third-order valence-electron chi connectivity index (χ3n) is 2.15. The zero-order chi connectivity index (χ0) is 20.6. The molecule has 22 heteroatoms. The van der Waals surface area contributed by atoms with Crippen LogP contribution in [0, 0.1) is 24.5 Å². The van der Waals surface area contributed by atoms with Gasteiger partial charge in [0.1, 0.15) is 34.7 Å². The lowest BCUT2D eigenvalue weighted by atomic mass is 10.7. The number of hydrazine groups is 3. The zero-order valence-corrected chi connectivity index (χ0v) is 12.3. The van der Waals surface area contributed by atoms with E-state index >= 15 is 0 Å². The van der Waals surface area contributed by atoms with Gasteiger partial charge < -0.3 is 11.5 Å². The molecule has 0 atom stereocenters. The van der Waals surface area contributed by atoms with Crippen LogP contribution in [0.4, 0.5) is 0 Å². The van der Waals surface area contributed by atoms with Gasteiger partial charge in [-0.2, -0.15) is 0 Å². The highest BCUT2D eigenvalue weighted by Gasteiger charge is 2.42. The molecule has 0 aliphatic carbocycles. The van der Waals surface area contributed by atoms with E-state index in [1.807, 2.05) is 0 Å². The largest absolute Gasteiger partial charge is 0.391 e. The summed E-state index contributed by atoms with van der Waals surface area (Å²) in [5.74, 6) is -2.44. The van der Waals surface area contributed by atoms with E-state index in [-0.39, 0.29) is 15.0 Å². The minimum absolute atomic E-state index is 0.0357. The highest BCUT2D eigenvalue weighted by atomic mass is 16.7. The van der Waals surface area contributed by atoms with Crippen molar-refractivity contribution in [2.75, 3.05) is 13.3 Å². The summed E-state index contributed by atoms with van der Waals surface area (Å²) in [6.45, 7) is -2.58. The van der Waals surface area contributed by atoms with E-state index < -0.39 is 50.4 Å². The molecule has 0 aromatic carbocycles. The molecule has 0 heterocycles.